The van der Waals surface area contributed by atoms with Crippen LogP contribution in [0.25, 0.3) is 6.08 Å². The summed E-state index contributed by atoms with van der Waals surface area (Å²) in [6.07, 6.45) is 8.71. The molecule has 0 N–H and O–H groups in total. The van der Waals surface area contributed by atoms with E-state index in [1.807, 2.05) is 30.3 Å². The van der Waals surface area contributed by atoms with Crippen molar-refractivity contribution in [3.63, 3.8) is 0 Å². The fourth-order valence-corrected chi connectivity index (χ4v) is 6.62. The van der Waals surface area contributed by atoms with E-state index in [0.717, 1.165) is 35.7 Å². The zero-order valence-electron chi connectivity index (χ0n) is 18.2. The van der Waals surface area contributed by atoms with Gasteiger partial charge in [0, 0.05) is 35.8 Å². The van der Waals surface area contributed by atoms with Crippen LogP contribution in [-0.2, 0) is 27.7 Å². The Morgan fingerprint density at radius 1 is 1.19 bits per heavy atom. The largest absolute Gasteiger partial charge is 0.284 e. The van der Waals surface area contributed by atoms with Gasteiger partial charge in [0.15, 0.2) is 5.13 Å². The zero-order valence-corrected chi connectivity index (χ0v) is 19.8. The number of benzene rings is 1. The van der Waals surface area contributed by atoms with E-state index in [1.165, 1.54) is 21.0 Å². The Kier molecular flexibility index (Phi) is 7.23. The van der Waals surface area contributed by atoms with Gasteiger partial charge in [-0.25, -0.2) is 13.4 Å². The van der Waals surface area contributed by atoms with Crippen molar-refractivity contribution in [3.05, 3.63) is 64.5 Å². The summed E-state index contributed by atoms with van der Waals surface area (Å²) >= 11 is 1.62. The Morgan fingerprint density at radius 2 is 1.91 bits per heavy atom. The normalized spacial score (nSPS) is 17.9. The van der Waals surface area contributed by atoms with E-state index in [9.17, 15) is 13.2 Å². The maximum atomic E-state index is 13.3. The number of sulfonamides is 1. The summed E-state index contributed by atoms with van der Waals surface area (Å²) in [6.45, 7) is 4.92. The number of aromatic nitrogens is 1. The lowest BCUT2D eigenvalue weighted by Gasteiger charge is -2.32. The maximum absolute atomic E-state index is 13.3. The summed E-state index contributed by atoms with van der Waals surface area (Å²) in [5, 5.41) is 2.01. The average molecular weight is 472 g/mol. The van der Waals surface area contributed by atoms with Crippen LogP contribution in [-0.4, -0.2) is 43.2 Å². The van der Waals surface area contributed by atoms with Gasteiger partial charge in [-0.15, -0.1) is 17.9 Å². The van der Waals surface area contributed by atoms with Crippen LogP contribution in [0.15, 0.2) is 48.4 Å². The summed E-state index contributed by atoms with van der Waals surface area (Å²) in [7, 11) is -3.51. The molecule has 1 saturated heterocycles. The Labute approximate surface area is 194 Å². The standard InChI is InChI=1S/C24H29N3O3S2/c1-2-15-27(24-25-21-10-6-7-11-22(21)31-24)23(28)20-12-16-26(17-13-20)32(29,30)18-14-19-8-4-3-5-9-19/h2-5,8-9,14,18,20H,1,6-7,10-13,15-17H2. The monoisotopic (exact) mass is 471 g/mol. The smallest absolute Gasteiger partial charge is 0.236 e. The number of rotatable bonds is 7. The van der Waals surface area contributed by atoms with E-state index in [0.29, 0.717) is 32.5 Å². The highest BCUT2D eigenvalue weighted by atomic mass is 32.2. The Bertz CT molecular complexity index is 1060. The van der Waals surface area contributed by atoms with Crippen LogP contribution in [0.1, 0.15) is 41.8 Å². The molecule has 1 aromatic heterocycles. The van der Waals surface area contributed by atoms with E-state index >= 15 is 0 Å². The van der Waals surface area contributed by atoms with Crippen LogP contribution in [0, 0.1) is 5.92 Å². The van der Waals surface area contributed by atoms with Crippen LogP contribution in [0.5, 0.6) is 0 Å². The van der Waals surface area contributed by atoms with Crippen LogP contribution in [0.3, 0.4) is 0 Å². The van der Waals surface area contributed by atoms with Gasteiger partial charge in [0.05, 0.1) is 5.69 Å². The van der Waals surface area contributed by atoms with Crippen molar-refractivity contribution in [1.82, 2.24) is 9.29 Å². The van der Waals surface area contributed by atoms with Crippen LogP contribution >= 0.6 is 11.3 Å². The molecule has 0 radical (unpaired) electrons. The molecule has 0 bridgehead atoms. The molecule has 1 aromatic carbocycles. The first kappa shape index (κ1) is 22.9. The van der Waals surface area contributed by atoms with Crippen LogP contribution < -0.4 is 4.90 Å². The third-order valence-corrected chi connectivity index (χ3v) is 8.78. The zero-order chi connectivity index (χ0) is 22.6. The molecule has 0 spiro atoms. The van der Waals surface area contributed by atoms with Crippen molar-refractivity contribution < 1.29 is 13.2 Å². The minimum absolute atomic E-state index is 0.0212. The first-order chi connectivity index (χ1) is 15.5. The summed E-state index contributed by atoms with van der Waals surface area (Å²) in [5.41, 5.74) is 1.97. The Balaban J connectivity index is 1.41. The van der Waals surface area contributed by atoms with Crippen molar-refractivity contribution in [2.75, 3.05) is 24.5 Å². The van der Waals surface area contributed by atoms with E-state index in [2.05, 4.69) is 6.58 Å². The van der Waals surface area contributed by atoms with Gasteiger partial charge in [-0.05, 0) is 50.2 Å². The summed E-state index contributed by atoms with van der Waals surface area (Å²) < 4.78 is 26.9. The molecule has 6 nitrogen and oxygen atoms in total. The molecule has 4 rings (SSSR count). The number of hydrogen-bond acceptors (Lipinski definition) is 5. The maximum Gasteiger partial charge on any atom is 0.236 e. The van der Waals surface area contributed by atoms with E-state index in [4.69, 9.17) is 4.98 Å². The fraction of sp³-hybridized carbons (Fsp3) is 0.417. The van der Waals surface area contributed by atoms with Gasteiger partial charge in [-0.1, -0.05) is 36.4 Å². The van der Waals surface area contributed by atoms with E-state index in [1.54, 1.807) is 28.4 Å². The topological polar surface area (TPSA) is 70.6 Å². The molecule has 2 aromatic rings. The highest BCUT2D eigenvalue weighted by Gasteiger charge is 2.33. The predicted molar refractivity (Wildman–Crippen MR) is 130 cm³/mol. The second kappa shape index (κ2) is 10.1. The SMILES string of the molecule is C=CCN(C(=O)C1CCN(S(=O)(=O)C=Cc2ccccc2)CC1)c1nc2c(s1)CCCC2. The Morgan fingerprint density at radius 3 is 2.59 bits per heavy atom. The second-order valence-corrected chi connectivity index (χ2v) is 11.1. The number of anilines is 1. The van der Waals surface area contributed by atoms with E-state index < -0.39 is 10.0 Å². The lowest BCUT2D eigenvalue weighted by atomic mass is 9.96. The van der Waals surface area contributed by atoms with Gasteiger partial charge in [0.1, 0.15) is 0 Å². The Hall–Kier alpha value is -2.29. The molecule has 8 heteroatoms. The number of carbonyl (C=O) groups excluding carboxylic acids is 1. The lowest BCUT2D eigenvalue weighted by molar-refractivity contribution is -0.123. The average Bonchev–Trinajstić information content (AvgIpc) is 3.25. The molecule has 0 saturated carbocycles. The lowest BCUT2D eigenvalue weighted by Crippen LogP contribution is -2.44. The highest BCUT2D eigenvalue weighted by molar-refractivity contribution is 7.92. The van der Waals surface area contributed by atoms with Crippen molar-refractivity contribution in [2.24, 2.45) is 5.92 Å². The van der Waals surface area contributed by atoms with Crippen molar-refractivity contribution in [3.8, 4) is 0 Å². The highest BCUT2D eigenvalue weighted by Crippen LogP contribution is 2.33. The molecular weight excluding hydrogens is 442 g/mol. The van der Waals surface area contributed by atoms with Gasteiger partial charge in [-0.2, -0.15) is 4.31 Å². The van der Waals surface area contributed by atoms with Crippen molar-refractivity contribution in [1.29, 1.82) is 0 Å². The molecule has 2 aliphatic rings. The van der Waals surface area contributed by atoms with Gasteiger partial charge in [0.25, 0.3) is 0 Å². The molecule has 0 unspecified atom stereocenters. The number of thiazole rings is 1. The molecule has 1 fully saturated rings. The van der Waals surface area contributed by atoms with Gasteiger partial charge < -0.3 is 0 Å². The number of amides is 1. The first-order valence-corrected chi connectivity index (χ1v) is 13.4. The third-order valence-electron chi connectivity index (χ3n) is 6.04. The summed E-state index contributed by atoms with van der Waals surface area (Å²) in [4.78, 5) is 21.1. The number of nitrogens with zero attached hydrogens (tertiary/aromatic N) is 3. The quantitative estimate of drug-likeness (QED) is 0.566. The van der Waals surface area contributed by atoms with Gasteiger partial charge >= 0.3 is 0 Å². The molecule has 1 amide bonds. The van der Waals surface area contributed by atoms with Crippen LogP contribution in [0.2, 0.25) is 0 Å². The summed E-state index contributed by atoms with van der Waals surface area (Å²) in [5.74, 6) is -0.187. The van der Waals surface area contributed by atoms with Gasteiger partial charge in [0.2, 0.25) is 15.9 Å². The summed E-state index contributed by atoms with van der Waals surface area (Å²) in [6, 6.07) is 9.36. The number of hydrogen-bond donors (Lipinski definition) is 0. The van der Waals surface area contributed by atoms with Gasteiger partial charge in [-0.3, -0.25) is 9.69 Å². The first-order valence-electron chi connectivity index (χ1n) is 11.1. The van der Waals surface area contributed by atoms with Crippen molar-refractivity contribution in [2.45, 2.75) is 38.5 Å². The minimum atomic E-state index is -3.51. The second-order valence-electron chi connectivity index (χ2n) is 8.24. The molecule has 2 heterocycles. The molecule has 1 aliphatic carbocycles. The third kappa shape index (κ3) is 5.19. The number of aryl methyl sites for hydroxylation is 2. The molecule has 0 atom stereocenters. The van der Waals surface area contributed by atoms with E-state index in [-0.39, 0.29) is 11.8 Å². The molecule has 170 valence electrons. The number of fused-ring (bicyclic) bond motifs is 1. The van der Waals surface area contributed by atoms with Crippen LogP contribution in [0.4, 0.5) is 5.13 Å². The number of carbonyl (C=O) groups is 1. The molecule has 1 aliphatic heterocycles. The number of piperidine rings is 1. The molecule has 32 heavy (non-hydrogen) atoms. The minimum Gasteiger partial charge on any atom is -0.284 e. The van der Waals surface area contributed by atoms with Crippen molar-refractivity contribution >= 4 is 38.5 Å². The molecular formula is C24H29N3O3S2. The predicted octanol–water partition coefficient (Wildman–Crippen LogP) is 4.25. The fourth-order valence-electron chi connectivity index (χ4n) is 4.24.